The van der Waals surface area contributed by atoms with E-state index in [0.29, 0.717) is 19.3 Å². The van der Waals surface area contributed by atoms with E-state index >= 15 is 0 Å². The van der Waals surface area contributed by atoms with Crippen LogP contribution in [0.5, 0.6) is 0 Å². The predicted molar refractivity (Wildman–Crippen MR) is 220 cm³/mol. The normalized spacial score (nSPS) is 20.6. The van der Waals surface area contributed by atoms with Crippen LogP contribution in [0.4, 0.5) is 0 Å². The van der Waals surface area contributed by atoms with Gasteiger partial charge >= 0.3 is 19.8 Å². The number of hydrogen-bond acceptors (Lipinski definition) is 12. The van der Waals surface area contributed by atoms with Crippen LogP contribution in [-0.4, -0.2) is 82.9 Å². The highest BCUT2D eigenvalue weighted by Gasteiger charge is 2.39. The molecular formula is C43H74NO12P. The lowest BCUT2D eigenvalue weighted by Crippen LogP contribution is -2.29. The van der Waals surface area contributed by atoms with Crippen molar-refractivity contribution in [3.8, 4) is 0 Å². The molecule has 1 fully saturated rings. The van der Waals surface area contributed by atoms with Crippen LogP contribution in [0.1, 0.15) is 146 Å². The van der Waals surface area contributed by atoms with Crippen LogP contribution in [0.25, 0.3) is 0 Å². The highest BCUT2D eigenvalue weighted by molar-refractivity contribution is 7.47. The van der Waals surface area contributed by atoms with Gasteiger partial charge in [0, 0.05) is 38.1 Å². The van der Waals surface area contributed by atoms with Crippen LogP contribution in [0, 0.1) is 25.7 Å². The second-order valence-electron chi connectivity index (χ2n) is 15.4. The number of unbranched alkanes of at least 4 members (excludes halogenated alkanes) is 9. The van der Waals surface area contributed by atoms with Crippen molar-refractivity contribution in [2.24, 2.45) is 17.6 Å². The molecule has 1 aliphatic carbocycles. The van der Waals surface area contributed by atoms with Crippen LogP contribution in [0.3, 0.4) is 0 Å². The standard InChI is InChI=1S/C43H74NO12P/c1-5-7-13-19-34(45)25-26-37-36(38(46)29-39(37)47)20-17-18-23-42(48)52-30-35(31-54-57(50,51)53-28-27-44)55-43(49)24-16-12-10-9-11-15-22-41-33(4)32(3)40(56-41)21-14-8-6-2/h17-18,25-26,34-39,45-47H,5-16,19-24,27-31,44H2,1-4H3,(H,50,51)/b18-17-,26-25+/t34-,35-,36+,37-,38+,39-/m1/s1. The van der Waals surface area contributed by atoms with E-state index in [1.165, 1.54) is 24.0 Å². The summed E-state index contributed by atoms with van der Waals surface area (Å²) in [7, 11) is -4.47. The molecule has 0 amide bonds. The number of aryl methyl sites for hydroxylation is 2. The van der Waals surface area contributed by atoms with Gasteiger partial charge in [0.2, 0.25) is 0 Å². The average Bonchev–Trinajstić information content (AvgIpc) is 3.61. The number of phosphoric ester groups is 1. The summed E-state index contributed by atoms with van der Waals surface area (Å²) in [5, 5.41) is 31.3. The molecule has 1 unspecified atom stereocenters. The Morgan fingerprint density at radius 3 is 2.16 bits per heavy atom. The average molecular weight is 828 g/mol. The smallest absolute Gasteiger partial charge is 0.466 e. The molecule has 0 aromatic carbocycles. The molecule has 2 rings (SSSR count). The molecule has 57 heavy (non-hydrogen) atoms. The summed E-state index contributed by atoms with van der Waals surface area (Å²) in [6, 6.07) is 0. The number of aliphatic hydroxyl groups excluding tert-OH is 3. The Bertz CT molecular complexity index is 1380. The number of allylic oxidation sites excluding steroid dienone is 1. The summed E-state index contributed by atoms with van der Waals surface area (Å²) in [5.74, 6) is 0.452. The van der Waals surface area contributed by atoms with E-state index in [-0.39, 0.29) is 44.2 Å². The van der Waals surface area contributed by atoms with Crippen LogP contribution in [0.2, 0.25) is 0 Å². The number of phosphoric acid groups is 1. The Morgan fingerprint density at radius 2 is 1.49 bits per heavy atom. The first-order chi connectivity index (χ1) is 27.3. The van der Waals surface area contributed by atoms with E-state index in [1.807, 2.05) is 0 Å². The minimum atomic E-state index is -4.47. The van der Waals surface area contributed by atoms with Crippen molar-refractivity contribution in [2.45, 2.75) is 174 Å². The number of furan rings is 1. The first-order valence-corrected chi connectivity index (χ1v) is 22.9. The summed E-state index contributed by atoms with van der Waals surface area (Å²) < 4.78 is 39.0. The van der Waals surface area contributed by atoms with Crippen molar-refractivity contribution in [3.63, 3.8) is 0 Å². The molecule has 0 radical (unpaired) electrons. The van der Waals surface area contributed by atoms with E-state index < -0.39 is 57.4 Å². The van der Waals surface area contributed by atoms with Gasteiger partial charge in [-0.3, -0.25) is 18.6 Å². The lowest BCUT2D eigenvalue weighted by atomic mass is 9.89. The van der Waals surface area contributed by atoms with Crippen LogP contribution in [-0.2, 0) is 45.5 Å². The first-order valence-electron chi connectivity index (χ1n) is 21.4. The van der Waals surface area contributed by atoms with E-state index in [0.717, 1.165) is 82.1 Å². The fourth-order valence-corrected chi connectivity index (χ4v) is 7.84. The Hall–Kier alpha value is -2.35. The van der Waals surface area contributed by atoms with Crippen molar-refractivity contribution in [2.75, 3.05) is 26.4 Å². The Labute approximate surface area is 341 Å². The third-order valence-electron chi connectivity index (χ3n) is 10.6. The van der Waals surface area contributed by atoms with Gasteiger partial charge < -0.3 is 39.8 Å². The number of aliphatic hydroxyl groups is 3. The van der Waals surface area contributed by atoms with Crippen molar-refractivity contribution >= 4 is 19.8 Å². The van der Waals surface area contributed by atoms with Crippen molar-refractivity contribution in [1.82, 2.24) is 0 Å². The van der Waals surface area contributed by atoms with Crippen LogP contribution < -0.4 is 5.73 Å². The molecule has 7 atom stereocenters. The lowest BCUT2D eigenvalue weighted by molar-refractivity contribution is -0.160. The summed E-state index contributed by atoms with van der Waals surface area (Å²) in [5.41, 5.74) is 7.90. The maximum absolute atomic E-state index is 12.7. The molecule has 0 spiro atoms. The van der Waals surface area contributed by atoms with Crippen molar-refractivity contribution in [1.29, 1.82) is 0 Å². The highest BCUT2D eigenvalue weighted by atomic mass is 31.2. The highest BCUT2D eigenvalue weighted by Crippen LogP contribution is 2.43. The summed E-state index contributed by atoms with van der Waals surface area (Å²) in [4.78, 5) is 35.2. The predicted octanol–water partition coefficient (Wildman–Crippen LogP) is 7.64. The fourth-order valence-electron chi connectivity index (χ4n) is 7.08. The fraction of sp³-hybridized carbons (Fsp3) is 0.767. The van der Waals surface area contributed by atoms with Crippen molar-refractivity contribution in [3.05, 3.63) is 47.0 Å². The van der Waals surface area contributed by atoms with Gasteiger partial charge in [0.1, 0.15) is 18.1 Å². The molecule has 0 bridgehead atoms. The van der Waals surface area contributed by atoms with Gasteiger partial charge in [-0.25, -0.2) is 4.57 Å². The lowest BCUT2D eigenvalue weighted by Gasteiger charge is -2.20. The number of nitrogens with two attached hydrogens (primary N) is 1. The van der Waals surface area contributed by atoms with Gasteiger partial charge in [0.15, 0.2) is 6.10 Å². The maximum atomic E-state index is 12.7. The molecule has 1 saturated carbocycles. The minimum absolute atomic E-state index is 0.000728. The van der Waals surface area contributed by atoms with E-state index in [4.69, 9.17) is 28.7 Å². The quantitative estimate of drug-likeness (QED) is 0.0205. The van der Waals surface area contributed by atoms with E-state index in [1.54, 1.807) is 24.3 Å². The van der Waals surface area contributed by atoms with Gasteiger partial charge in [-0.05, 0) is 63.0 Å². The number of esters is 2. The van der Waals surface area contributed by atoms with Gasteiger partial charge in [-0.2, -0.15) is 0 Å². The number of rotatable bonds is 32. The number of carbonyl (C=O) groups excluding carboxylic acids is 2. The zero-order chi connectivity index (χ0) is 42.1. The van der Waals surface area contributed by atoms with Gasteiger partial charge in [-0.15, -0.1) is 0 Å². The molecular weight excluding hydrogens is 753 g/mol. The van der Waals surface area contributed by atoms with Gasteiger partial charge in [0.25, 0.3) is 0 Å². The molecule has 1 aromatic heterocycles. The number of hydrogen-bond donors (Lipinski definition) is 5. The summed E-state index contributed by atoms with van der Waals surface area (Å²) >= 11 is 0. The largest absolute Gasteiger partial charge is 0.472 e. The second-order valence-corrected chi connectivity index (χ2v) is 16.9. The summed E-state index contributed by atoms with van der Waals surface area (Å²) in [6.45, 7) is 7.45. The third-order valence-corrected chi connectivity index (χ3v) is 11.6. The first kappa shape index (κ1) is 50.8. The topological polar surface area (TPSA) is 208 Å². The monoisotopic (exact) mass is 827 g/mol. The van der Waals surface area contributed by atoms with Crippen LogP contribution in [0.15, 0.2) is 28.7 Å². The Morgan fingerprint density at radius 1 is 0.860 bits per heavy atom. The molecule has 1 heterocycles. The zero-order valence-electron chi connectivity index (χ0n) is 35.1. The molecule has 0 saturated heterocycles. The number of carbonyl (C=O) groups is 2. The molecule has 1 aliphatic rings. The van der Waals surface area contributed by atoms with E-state index in [9.17, 15) is 34.4 Å². The molecule has 14 heteroatoms. The van der Waals surface area contributed by atoms with E-state index in [2.05, 4.69) is 27.7 Å². The third kappa shape index (κ3) is 21.0. The molecule has 6 N–H and O–H groups in total. The summed E-state index contributed by atoms with van der Waals surface area (Å²) in [6.07, 6.45) is 19.0. The van der Waals surface area contributed by atoms with Gasteiger partial charge in [0.05, 0.1) is 37.9 Å². The second kappa shape index (κ2) is 29.0. The molecule has 13 nitrogen and oxygen atoms in total. The molecule has 328 valence electrons. The molecule has 1 aromatic rings. The molecule has 0 aliphatic heterocycles. The SMILES string of the molecule is CCCCCc1oc(CCCCCCCCC(=O)O[C@H](COC(=O)C/C=C\C[C@H]2[C@@H](/C=C/[C@H](O)CCCCC)[C@H](O)C[C@@H]2O)COP(=O)(O)OCCN)c(C)c1C. The van der Waals surface area contributed by atoms with Gasteiger partial charge in [-0.1, -0.05) is 95.9 Å². The Kier molecular flexibility index (Phi) is 25.8. The zero-order valence-corrected chi connectivity index (χ0v) is 36.0. The maximum Gasteiger partial charge on any atom is 0.472 e. The van der Waals surface area contributed by atoms with Crippen LogP contribution >= 0.6 is 7.82 Å². The number of ether oxygens (including phenoxy) is 2. The minimum Gasteiger partial charge on any atom is -0.466 e. The Balaban J connectivity index is 1.78. The van der Waals surface area contributed by atoms with Crippen molar-refractivity contribution < 1.29 is 57.3 Å².